The van der Waals surface area contributed by atoms with Gasteiger partial charge in [0.1, 0.15) is 0 Å². The van der Waals surface area contributed by atoms with Crippen LogP contribution >= 0.6 is 11.3 Å². The molecule has 2 N–H and O–H groups in total. The first-order valence-electron chi connectivity index (χ1n) is 8.31. The molecule has 1 aromatic heterocycles. The van der Waals surface area contributed by atoms with E-state index in [9.17, 15) is 9.59 Å². The Hall–Kier alpha value is -2.34. The van der Waals surface area contributed by atoms with Crippen LogP contribution in [0.15, 0.2) is 36.4 Å². The molecule has 134 valence electrons. The van der Waals surface area contributed by atoms with Gasteiger partial charge in [-0.15, -0.1) is 11.3 Å². The molecule has 3 amide bonds. The zero-order valence-electron chi connectivity index (χ0n) is 15.1. The third-order valence-corrected chi connectivity index (χ3v) is 4.73. The van der Waals surface area contributed by atoms with Gasteiger partial charge in [0.15, 0.2) is 0 Å². The molecule has 5 nitrogen and oxygen atoms in total. The smallest absolute Gasteiger partial charge is 0.319 e. The highest BCUT2D eigenvalue weighted by molar-refractivity contribution is 7.11. The average Bonchev–Trinajstić information content (AvgIpc) is 2.95. The molecule has 0 fully saturated rings. The van der Waals surface area contributed by atoms with Gasteiger partial charge in [-0.05, 0) is 57.5 Å². The summed E-state index contributed by atoms with van der Waals surface area (Å²) in [6.45, 7) is 8.50. The van der Waals surface area contributed by atoms with Crippen molar-refractivity contribution >= 4 is 29.0 Å². The molecule has 0 aliphatic rings. The predicted molar refractivity (Wildman–Crippen MR) is 103 cm³/mol. The number of carbonyl (C=O) groups is 2. The number of hydrogen-bond donors (Lipinski definition) is 2. The maximum absolute atomic E-state index is 12.5. The van der Waals surface area contributed by atoms with Crippen molar-refractivity contribution in [2.24, 2.45) is 0 Å². The summed E-state index contributed by atoms with van der Waals surface area (Å²) in [5.41, 5.74) is 1.77. The Balaban J connectivity index is 1.88. The lowest BCUT2D eigenvalue weighted by atomic mass is 10.2. The van der Waals surface area contributed by atoms with Crippen LogP contribution in [0.4, 0.5) is 10.5 Å². The molecule has 6 heteroatoms. The number of hydrogen-bond acceptors (Lipinski definition) is 3. The first-order valence-corrected chi connectivity index (χ1v) is 9.13. The molecule has 0 aliphatic carbocycles. The van der Waals surface area contributed by atoms with Gasteiger partial charge < -0.3 is 15.5 Å². The van der Waals surface area contributed by atoms with E-state index in [4.69, 9.17) is 0 Å². The summed E-state index contributed by atoms with van der Waals surface area (Å²) in [5, 5.41) is 5.38. The molecule has 0 bridgehead atoms. The molecule has 0 atom stereocenters. The Morgan fingerprint density at radius 3 is 2.52 bits per heavy atom. The summed E-state index contributed by atoms with van der Waals surface area (Å²) in [5.74, 6) is -0.0968. The number of thiophene rings is 1. The van der Waals surface area contributed by atoms with Gasteiger partial charge in [-0.25, -0.2) is 4.79 Å². The highest BCUT2D eigenvalue weighted by Crippen LogP contribution is 2.18. The van der Waals surface area contributed by atoms with Crippen molar-refractivity contribution in [2.45, 2.75) is 40.3 Å². The maximum Gasteiger partial charge on any atom is 0.319 e. The number of aryl methyl sites for hydroxylation is 2. The second kappa shape index (κ2) is 8.67. The van der Waals surface area contributed by atoms with E-state index in [0.29, 0.717) is 12.2 Å². The molecule has 25 heavy (non-hydrogen) atoms. The Kier molecular flexibility index (Phi) is 6.58. The van der Waals surface area contributed by atoms with Crippen LogP contribution in [0.3, 0.4) is 0 Å². The summed E-state index contributed by atoms with van der Waals surface area (Å²) in [6.07, 6.45) is 0. The molecule has 2 rings (SSSR count). The van der Waals surface area contributed by atoms with E-state index in [1.165, 1.54) is 4.88 Å². The van der Waals surface area contributed by atoms with E-state index in [-0.39, 0.29) is 24.5 Å². The lowest BCUT2D eigenvalue weighted by Gasteiger charge is -2.26. The number of carbonyl (C=O) groups excluding carboxylic acids is 2. The molecule has 0 aliphatic heterocycles. The number of anilines is 1. The maximum atomic E-state index is 12.5. The summed E-state index contributed by atoms with van der Waals surface area (Å²) in [6, 6.07) is 11.3. The molecule has 0 saturated heterocycles. The molecule has 0 unspecified atom stereocenters. The van der Waals surface area contributed by atoms with Crippen LogP contribution in [0.25, 0.3) is 0 Å². The zero-order chi connectivity index (χ0) is 18.4. The van der Waals surface area contributed by atoms with Crippen molar-refractivity contribution in [1.82, 2.24) is 10.2 Å². The van der Waals surface area contributed by atoms with Gasteiger partial charge >= 0.3 is 6.03 Å². The Morgan fingerprint density at radius 2 is 1.92 bits per heavy atom. The standard InChI is InChI=1S/C19H25N3O2S/c1-13(2)22(12-17-9-8-15(4)25-17)18(23)11-20-19(24)21-16-7-5-6-14(3)10-16/h5-10,13H,11-12H2,1-4H3,(H2,20,21,24). The van der Waals surface area contributed by atoms with E-state index < -0.39 is 0 Å². The van der Waals surface area contributed by atoms with Crippen molar-refractivity contribution in [2.75, 3.05) is 11.9 Å². The van der Waals surface area contributed by atoms with E-state index in [1.807, 2.05) is 58.0 Å². The van der Waals surface area contributed by atoms with Crippen LogP contribution < -0.4 is 10.6 Å². The number of rotatable bonds is 6. The Labute approximate surface area is 153 Å². The highest BCUT2D eigenvalue weighted by Gasteiger charge is 2.18. The predicted octanol–water partition coefficient (Wildman–Crippen LogP) is 3.92. The SMILES string of the molecule is Cc1cccc(NC(=O)NCC(=O)N(Cc2ccc(C)s2)C(C)C)c1. The molecular weight excluding hydrogens is 334 g/mol. The third kappa shape index (κ3) is 5.90. The van der Waals surface area contributed by atoms with Gasteiger partial charge in [-0.1, -0.05) is 12.1 Å². The number of nitrogens with one attached hydrogen (secondary N) is 2. The fraction of sp³-hybridized carbons (Fsp3) is 0.368. The van der Waals surface area contributed by atoms with Crippen molar-refractivity contribution in [1.29, 1.82) is 0 Å². The molecule has 0 radical (unpaired) electrons. The average molecular weight is 359 g/mol. The molecular formula is C19H25N3O2S. The van der Waals surface area contributed by atoms with Crippen LogP contribution in [0.1, 0.15) is 29.2 Å². The number of amides is 3. The Bertz CT molecular complexity index is 740. The molecule has 2 aromatic rings. The second-order valence-electron chi connectivity index (χ2n) is 6.30. The summed E-state index contributed by atoms with van der Waals surface area (Å²) >= 11 is 1.68. The van der Waals surface area contributed by atoms with E-state index in [0.717, 1.165) is 10.4 Å². The van der Waals surface area contributed by atoms with Gasteiger partial charge in [0.2, 0.25) is 5.91 Å². The van der Waals surface area contributed by atoms with Crippen LogP contribution in [0.5, 0.6) is 0 Å². The molecule has 0 saturated carbocycles. The lowest BCUT2D eigenvalue weighted by Crippen LogP contribution is -2.44. The number of benzene rings is 1. The van der Waals surface area contributed by atoms with Crippen molar-refractivity contribution in [3.63, 3.8) is 0 Å². The van der Waals surface area contributed by atoms with E-state index in [1.54, 1.807) is 16.2 Å². The van der Waals surface area contributed by atoms with Crippen molar-refractivity contribution in [3.05, 3.63) is 51.7 Å². The summed E-state index contributed by atoms with van der Waals surface area (Å²) in [7, 11) is 0. The first kappa shape index (κ1) is 19.0. The monoisotopic (exact) mass is 359 g/mol. The highest BCUT2D eigenvalue weighted by atomic mass is 32.1. The zero-order valence-corrected chi connectivity index (χ0v) is 15.9. The van der Waals surface area contributed by atoms with E-state index in [2.05, 4.69) is 16.7 Å². The summed E-state index contributed by atoms with van der Waals surface area (Å²) in [4.78, 5) is 28.6. The summed E-state index contributed by atoms with van der Waals surface area (Å²) < 4.78 is 0. The van der Waals surface area contributed by atoms with Crippen molar-refractivity contribution in [3.8, 4) is 0 Å². The number of urea groups is 1. The first-order chi connectivity index (χ1) is 11.8. The van der Waals surface area contributed by atoms with Gasteiger partial charge in [0, 0.05) is 21.5 Å². The van der Waals surface area contributed by atoms with E-state index >= 15 is 0 Å². The van der Waals surface area contributed by atoms with Gasteiger partial charge in [0.25, 0.3) is 0 Å². The number of nitrogens with zero attached hydrogens (tertiary/aromatic N) is 1. The minimum absolute atomic E-state index is 0.0276. The topological polar surface area (TPSA) is 61.4 Å². The van der Waals surface area contributed by atoms with Crippen LogP contribution in [0, 0.1) is 13.8 Å². The Morgan fingerprint density at radius 1 is 1.16 bits per heavy atom. The normalized spacial score (nSPS) is 10.6. The molecule has 1 aromatic carbocycles. The van der Waals surface area contributed by atoms with Gasteiger partial charge in [-0.2, -0.15) is 0 Å². The van der Waals surface area contributed by atoms with Crippen LogP contribution in [-0.4, -0.2) is 29.4 Å². The fourth-order valence-electron chi connectivity index (χ4n) is 2.45. The molecule has 1 heterocycles. The minimum Gasteiger partial charge on any atom is -0.334 e. The molecule has 0 spiro atoms. The second-order valence-corrected chi connectivity index (χ2v) is 7.68. The lowest BCUT2D eigenvalue weighted by molar-refractivity contribution is -0.132. The quantitative estimate of drug-likeness (QED) is 0.821. The minimum atomic E-state index is -0.380. The third-order valence-electron chi connectivity index (χ3n) is 3.74. The van der Waals surface area contributed by atoms with Gasteiger partial charge in [-0.3, -0.25) is 4.79 Å². The van der Waals surface area contributed by atoms with Gasteiger partial charge in [0.05, 0.1) is 13.1 Å². The fourth-order valence-corrected chi connectivity index (χ4v) is 3.34. The largest absolute Gasteiger partial charge is 0.334 e. The van der Waals surface area contributed by atoms with Crippen LogP contribution in [-0.2, 0) is 11.3 Å². The van der Waals surface area contributed by atoms with Crippen molar-refractivity contribution < 1.29 is 9.59 Å². The van der Waals surface area contributed by atoms with Crippen LogP contribution in [0.2, 0.25) is 0 Å².